The highest BCUT2D eigenvalue weighted by atomic mass is 79.9. The Morgan fingerprint density at radius 2 is 2.31 bits per heavy atom. The lowest BCUT2D eigenvalue weighted by molar-refractivity contribution is 0.297. The molecule has 0 unspecified atom stereocenters. The van der Waals surface area contributed by atoms with Gasteiger partial charge in [0.05, 0.1) is 10.2 Å². The molecule has 0 aliphatic heterocycles. The normalized spacial score (nSPS) is 10.2. The van der Waals surface area contributed by atoms with E-state index in [1.165, 1.54) is 11.8 Å². The Hall–Kier alpha value is -0.590. The summed E-state index contributed by atoms with van der Waals surface area (Å²) in [5.41, 5.74) is 0.813. The van der Waals surface area contributed by atoms with E-state index in [1.54, 1.807) is 6.08 Å². The summed E-state index contributed by atoms with van der Waals surface area (Å²) in [6.45, 7) is 4.35. The van der Waals surface area contributed by atoms with Crippen LogP contribution in [0.25, 0.3) is 0 Å². The number of nitrogens with one attached hydrogen (secondary N) is 1. The van der Waals surface area contributed by atoms with Gasteiger partial charge in [-0.2, -0.15) is 0 Å². The fraction of sp³-hybridized carbons (Fsp3) is 0.400. The molecule has 4 nitrogen and oxygen atoms in total. The van der Waals surface area contributed by atoms with Crippen molar-refractivity contribution in [3.63, 3.8) is 0 Å². The molecule has 1 aromatic heterocycles. The average Bonchev–Trinajstić information content (AvgIpc) is 2.30. The molecule has 0 atom stereocenters. The van der Waals surface area contributed by atoms with Crippen LogP contribution >= 0.6 is 27.7 Å². The van der Waals surface area contributed by atoms with Crippen molar-refractivity contribution in [3.05, 3.63) is 22.8 Å². The first-order chi connectivity index (χ1) is 7.72. The molecule has 1 aromatic rings. The predicted octanol–water partition coefficient (Wildman–Crippen LogP) is 2.09. The highest BCUT2D eigenvalue weighted by Crippen LogP contribution is 2.26. The topological polar surface area (TPSA) is 58.0 Å². The van der Waals surface area contributed by atoms with Crippen LogP contribution in [0.15, 0.2) is 22.3 Å². The largest absolute Gasteiger partial charge is 0.396 e. The highest BCUT2D eigenvalue weighted by Gasteiger charge is 2.10. The van der Waals surface area contributed by atoms with Gasteiger partial charge in [0.1, 0.15) is 5.82 Å². The number of anilines is 1. The van der Waals surface area contributed by atoms with Gasteiger partial charge in [-0.3, -0.25) is 0 Å². The molecule has 88 valence electrons. The lowest BCUT2D eigenvalue weighted by Crippen LogP contribution is -2.07. The van der Waals surface area contributed by atoms with E-state index in [0.717, 1.165) is 16.0 Å². The summed E-state index contributed by atoms with van der Waals surface area (Å²) in [6, 6.07) is 0. The minimum absolute atomic E-state index is 0.0737. The number of nitrogens with zero attached hydrogens (tertiary/aromatic N) is 2. The molecule has 2 N–H and O–H groups in total. The Bertz CT molecular complexity index is 373. The van der Waals surface area contributed by atoms with Gasteiger partial charge < -0.3 is 10.4 Å². The van der Waals surface area contributed by atoms with E-state index >= 15 is 0 Å². The molecular formula is C10H14BrN3OS. The fourth-order valence-electron chi connectivity index (χ4n) is 1.12. The summed E-state index contributed by atoms with van der Waals surface area (Å²) < 4.78 is 0.807. The summed E-state index contributed by atoms with van der Waals surface area (Å²) in [5, 5.41) is 12.8. The van der Waals surface area contributed by atoms with Crippen molar-refractivity contribution in [2.45, 2.75) is 11.6 Å². The molecule has 1 heterocycles. The van der Waals surface area contributed by atoms with Crippen LogP contribution < -0.4 is 5.32 Å². The molecule has 0 amide bonds. The van der Waals surface area contributed by atoms with Crippen LogP contribution in [-0.2, 0) is 6.42 Å². The maximum atomic E-state index is 8.95. The number of aliphatic hydroxyl groups is 1. The van der Waals surface area contributed by atoms with Gasteiger partial charge in [0.2, 0.25) is 0 Å². The summed E-state index contributed by atoms with van der Waals surface area (Å²) >= 11 is 4.91. The van der Waals surface area contributed by atoms with Crippen LogP contribution in [0.5, 0.6) is 0 Å². The van der Waals surface area contributed by atoms with Gasteiger partial charge in [0.15, 0.2) is 5.16 Å². The molecule has 0 aliphatic carbocycles. The van der Waals surface area contributed by atoms with Crippen molar-refractivity contribution in [2.75, 3.05) is 24.7 Å². The van der Waals surface area contributed by atoms with Crippen molar-refractivity contribution >= 4 is 33.5 Å². The van der Waals surface area contributed by atoms with Gasteiger partial charge in [-0.25, -0.2) is 9.97 Å². The van der Waals surface area contributed by atoms with Crippen molar-refractivity contribution in [1.82, 2.24) is 9.97 Å². The van der Waals surface area contributed by atoms with Crippen molar-refractivity contribution in [1.29, 1.82) is 0 Å². The third-order valence-corrected chi connectivity index (χ3v) is 3.23. The maximum Gasteiger partial charge on any atom is 0.189 e. The van der Waals surface area contributed by atoms with E-state index in [1.807, 2.05) is 6.26 Å². The zero-order valence-corrected chi connectivity index (χ0v) is 11.4. The lowest BCUT2D eigenvalue weighted by Gasteiger charge is -2.10. The monoisotopic (exact) mass is 303 g/mol. The first-order valence-electron chi connectivity index (χ1n) is 4.79. The Labute approximate surface area is 108 Å². The Morgan fingerprint density at radius 3 is 2.88 bits per heavy atom. The van der Waals surface area contributed by atoms with Crippen LogP contribution in [0.4, 0.5) is 5.82 Å². The predicted molar refractivity (Wildman–Crippen MR) is 71.0 cm³/mol. The smallest absolute Gasteiger partial charge is 0.189 e. The van der Waals surface area contributed by atoms with Crippen LogP contribution in [0.2, 0.25) is 0 Å². The van der Waals surface area contributed by atoms with Gasteiger partial charge in [-0.1, -0.05) is 17.8 Å². The average molecular weight is 304 g/mol. The second-order valence-corrected chi connectivity index (χ2v) is 4.53. The quantitative estimate of drug-likeness (QED) is 0.479. The fourth-order valence-corrected chi connectivity index (χ4v) is 2.02. The first-order valence-corrected chi connectivity index (χ1v) is 6.80. The van der Waals surface area contributed by atoms with Crippen LogP contribution in [-0.4, -0.2) is 34.5 Å². The summed E-state index contributed by atoms with van der Waals surface area (Å²) in [7, 11) is 0. The number of halogens is 1. The van der Waals surface area contributed by atoms with Gasteiger partial charge in [-0.15, -0.1) is 6.58 Å². The van der Waals surface area contributed by atoms with Gasteiger partial charge in [0, 0.05) is 19.6 Å². The van der Waals surface area contributed by atoms with E-state index in [9.17, 15) is 0 Å². The van der Waals surface area contributed by atoms with E-state index in [4.69, 9.17) is 5.11 Å². The minimum Gasteiger partial charge on any atom is -0.396 e. The first kappa shape index (κ1) is 13.5. The number of thioether (sulfide) groups is 1. The van der Waals surface area contributed by atoms with Gasteiger partial charge in [-0.05, 0) is 22.2 Å². The van der Waals surface area contributed by atoms with Gasteiger partial charge in [0.25, 0.3) is 0 Å². The third kappa shape index (κ3) is 3.47. The standard InChI is InChI=1S/C10H14BrN3OS/c1-3-5-12-9-8(11)7(4-6-15)13-10(14-9)16-2/h3,15H,1,4-6H2,2H3,(H,12,13,14). The zero-order chi connectivity index (χ0) is 12.0. The van der Waals surface area contributed by atoms with Crippen molar-refractivity contribution < 1.29 is 5.11 Å². The Kier molecular flexibility index (Phi) is 5.79. The van der Waals surface area contributed by atoms with E-state index in [0.29, 0.717) is 18.1 Å². The molecule has 16 heavy (non-hydrogen) atoms. The third-order valence-electron chi connectivity index (χ3n) is 1.84. The number of hydrogen-bond donors (Lipinski definition) is 2. The summed E-state index contributed by atoms with van der Waals surface area (Å²) in [6.07, 6.45) is 4.20. The minimum atomic E-state index is 0.0737. The summed E-state index contributed by atoms with van der Waals surface area (Å²) in [5.74, 6) is 0.739. The summed E-state index contributed by atoms with van der Waals surface area (Å²) in [4.78, 5) is 8.66. The Balaban J connectivity index is 3.04. The molecule has 0 aromatic carbocycles. The molecular weight excluding hydrogens is 290 g/mol. The van der Waals surface area contributed by atoms with E-state index in [-0.39, 0.29) is 6.61 Å². The van der Waals surface area contributed by atoms with Crippen LogP contribution in [0, 0.1) is 0 Å². The van der Waals surface area contributed by atoms with Crippen molar-refractivity contribution in [2.24, 2.45) is 0 Å². The molecule has 0 radical (unpaired) electrons. The number of aliphatic hydroxyl groups excluding tert-OH is 1. The van der Waals surface area contributed by atoms with Gasteiger partial charge >= 0.3 is 0 Å². The number of rotatable bonds is 6. The molecule has 0 fully saturated rings. The number of aromatic nitrogens is 2. The molecule has 0 spiro atoms. The van der Waals surface area contributed by atoms with Crippen molar-refractivity contribution in [3.8, 4) is 0 Å². The van der Waals surface area contributed by atoms with Crippen LogP contribution in [0.1, 0.15) is 5.69 Å². The molecule has 0 bridgehead atoms. The molecule has 0 saturated heterocycles. The Morgan fingerprint density at radius 1 is 1.56 bits per heavy atom. The molecule has 1 rings (SSSR count). The number of hydrogen-bond acceptors (Lipinski definition) is 5. The van der Waals surface area contributed by atoms with E-state index in [2.05, 4.69) is 37.8 Å². The van der Waals surface area contributed by atoms with Crippen LogP contribution in [0.3, 0.4) is 0 Å². The van der Waals surface area contributed by atoms with E-state index < -0.39 is 0 Å². The zero-order valence-electron chi connectivity index (χ0n) is 9.03. The second kappa shape index (κ2) is 6.88. The highest BCUT2D eigenvalue weighted by molar-refractivity contribution is 9.10. The SMILES string of the molecule is C=CCNc1nc(SC)nc(CCO)c1Br. The molecule has 6 heteroatoms. The molecule has 0 aliphatic rings. The maximum absolute atomic E-state index is 8.95. The lowest BCUT2D eigenvalue weighted by atomic mass is 10.3. The molecule has 0 saturated carbocycles. The second-order valence-electron chi connectivity index (χ2n) is 2.96.